The molecule has 0 bridgehead atoms. The first-order valence-electron chi connectivity index (χ1n) is 10.1. The Morgan fingerprint density at radius 3 is 2.60 bits per heavy atom. The molecule has 2 unspecified atom stereocenters. The molecule has 2 aromatic carbocycles. The molecule has 0 fully saturated rings. The van der Waals surface area contributed by atoms with Gasteiger partial charge in [-0.05, 0) is 43.7 Å². The number of esters is 1. The van der Waals surface area contributed by atoms with E-state index in [0.29, 0.717) is 5.56 Å². The molecule has 158 valence electrons. The number of para-hydroxylation sites is 1. The van der Waals surface area contributed by atoms with Crippen molar-refractivity contribution in [2.24, 2.45) is 0 Å². The lowest BCUT2D eigenvalue weighted by molar-refractivity contribution is -0.385. The summed E-state index contributed by atoms with van der Waals surface area (Å²) < 4.78 is 5.20. The maximum atomic E-state index is 12.8. The van der Waals surface area contributed by atoms with Crippen LogP contribution in [0.25, 0.3) is 0 Å². The minimum absolute atomic E-state index is 0.107. The van der Waals surface area contributed by atoms with Gasteiger partial charge in [-0.2, -0.15) is 0 Å². The van der Waals surface area contributed by atoms with Crippen molar-refractivity contribution < 1.29 is 19.2 Å². The van der Waals surface area contributed by atoms with Gasteiger partial charge in [0, 0.05) is 12.5 Å². The van der Waals surface area contributed by atoms with Crippen molar-refractivity contribution in [1.29, 1.82) is 0 Å². The number of nitrogens with one attached hydrogen (secondary N) is 1. The van der Waals surface area contributed by atoms with E-state index in [2.05, 4.69) is 11.4 Å². The van der Waals surface area contributed by atoms with Crippen LogP contribution < -0.4 is 5.32 Å². The van der Waals surface area contributed by atoms with Crippen LogP contribution in [-0.4, -0.2) is 22.9 Å². The first kappa shape index (κ1) is 21.5. The van der Waals surface area contributed by atoms with Crippen molar-refractivity contribution in [1.82, 2.24) is 5.32 Å². The first-order valence-corrected chi connectivity index (χ1v) is 10.1. The molecule has 1 aliphatic rings. The topological polar surface area (TPSA) is 98.5 Å². The van der Waals surface area contributed by atoms with E-state index in [4.69, 9.17) is 4.74 Å². The molecule has 2 atom stereocenters. The summed E-state index contributed by atoms with van der Waals surface area (Å²) in [6.45, 7) is 3.46. The number of nitrogens with zero attached hydrogens (tertiary/aromatic N) is 1. The van der Waals surface area contributed by atoms with Crippen LogP contribution in [0.15, 0.2) is 48.5 Å². The minimum Gasteiger partial charge on any atom is -0.463 e. The van der Waals surface area contributed by atoms with Gasteiger partial charge in [-0.25, -0.2) is 0 Å². The minimum atomic E-state index is -0.831. The summed E-state index contributed by atoms with van der Waals surface area (Å²) in [5.74, 6) is -0.646. The average molecular weight is 410 g/mol. The normalized spacial score (nSPS) is 16.0. The Kier molecular flexibility index (Phi) is 6.82. The molecule has 0 radical (unpaired) electrons. The number of nitro benzene ring substituents is 1. The van der Waals surface area contributed by atoms with Gasteiger partial charge in [0.05, 0.1) is 29.1 Å². The molecule has 7 nitrogen and oxygen atoms in total. The van der Waals surface area contributed by atoms with Crippen LogP contribution in [0.4, 0.5) is 5.69 Å². The third kappa shape index (κ3) is 5.23. The van der Waals surface area contributed by atoms with Crippen LogP contribution >= 0.6 is 0 Å². The number of nitro groups is 1. The van der Waals surface area contributed by atoms with E-state index >= 15 is 0 Å². The molecule has 0 saturated heterocycles. The Balaban J connectivity index is 1.78. The van der Waals surface area contributed by atoms with Gasteiger partial charge in [-0.3, -0.25) is 19.7 Å². The highest BCUT2D eigenvalue weighted by atomic mass is 16.6. The second-order valence-corrected chi connectivity index (χ2v) is 7.82. The molecular weight excluding hydrogens is 384 g/mol. The van der Waals surface area contributed by atoms with Crippen LogP contribution in [0.2, 0.25) is 0 Å². The predicted octanol–water partition coefficient (Wildman–Crippen LogP) is 4.21. The van der Waals surface area contributed by atoms with Crippen molar-refractivity contribution >= 4 is 17.6 Å². The van der Waals surface area contributed by atoms with Crippen molar-refractivity contribution in [2.75, 3.05) is 0 Å². The molecule has 30 heavy (non-hydrogen) atoms. The van der Waals surface area contributed by atoms with E-state index in [1.165, 1.54) is 17.2 Å². The summed E-state index contributed by atoms with van der Waals surface area (Å²) in [6.07, 6.45) is 1.61. The van der Waals surface area contributed by atoms with Crippen LogP contribution in [0, 0.1) is 10.1 Å². The maximum Gasteiger partial charge on any atom is 0.308 e. The number of hydrogen-bond donors (Lipinski definition) is 1. The lowest BCUT2D eigenvalue weighted by Crippen LogP contribution is -2.32. The monoisotopic (exact) mass is 410 g/mol. The fourth-order valence-corrected chi connectivity index (χ4v) is 4.00. The molecule has 0 spiro atoms. The average Bonchev–Trinajstić information content (AvgIpc) is 3.09. The number of hydrogen-bond acceptors (Lipinski definition) is 5. The molecule has 0 aromatic heterocycles. The third-order valence-electron chi connectivity index (χ3n) is 5.27. The number of rotatable bonds is 8. The fraction of sp³-hybridized carbons (Fsp3) is 0.391. The lowest BCUT2D eigenvalue weighted by atomic mass is 9.96. The molecule has 1 aliphatic carbocycles. The van der Waals surface area contributed by atoms with Crippen molar-refractivity contribution in [3.8, 4) is 0 Å². The molecule has 1 amide bonds. The maximum absolute atomic E-state index is 12.8. The highest BCUT2D eigenvalue weighted by Crippen LogP contribution is 2.35. The zero-order valence-electron chi connectivity index (χ0n) is 17.2. The molecule has 0 aliphatic heterocycles. The van der Waals surface area contributed by atoms with Gasteiger partial charge in [0.1, 0.15) is 0 Å². The van der Waals surface area contributed by atoms with Crippen LogP contribution in [0.3, 0.4) is 0 Å². The van der Waals surface area contributed by atoms with Gasteiger partial charge >= 0.3 is 5.97 Å². The highest BCUT2D eigenvalue weighted by Gasteiger charge is 2.29. The van der Waals surface area contributed by atoms with Crippen molar-refractivity contribution in [3.05, 3.63) is 75.3 Å². The van der Waals surface area contributed by atoms with Crippen LogP contribution in [0.1, 0.15) is 61.8 Å². The number of amides is 1. The zero-order valence-corrected chi connectivity index (χ0v) is 17.2. The Bertz CT molecular complexity index is 941. The van der Waals surface area contributed by atoms with E-state index in [9.17, 15) is 19.7 Å². The largest absolute Gasteiger partial charge is 0.463 e. The van der Waals surface area contributed by atoms with Crippen molar-refractivity contribution in [2.45, 2.75) is 57.6 Å². The van der Waals surface area contributed by atoms with Gasteiger partial charge in [0.25, 0.3) is 5.69 Å². The second kappa shape index (κ2) is 9.52. The molecular formula is C23H26N2O5. The highest BCUT2D eigenvalue weighted by molar-refractivity contribution is 5.79. The molecule has 7 heteroatoms. The van der Waals surface area contributed by atoms with E-state index in [1.807, 2.05) is 18.2 Å². The SMILES string of the molecule is CC(C)OC(=O)CC(NC(=O)CC1CCc2ccccc21)c1ccccc1[N+](=O)[O-]. The fourth-order valence-electron chi connectivity index (χ4n) is 4.00. The summed E-state index contributed by atoms with van der Waals surface area (Å²) in [4.78, 5) is 36.1. The van der Waals surface area contributed by atoms with Crippen LogP contribution in [0.5, 0.6) is 0 Å². The summed E-state index contributed by atoms with van der Waals surface area (Å²) in [6, 6.07) is 13.4. The Labute approximate surface area is 175 Å². The lowest BCUT2D eigenvalue weighted by Gasteiger charge is -2.20. The van der Waals surface area contributed by atoms with E-state index in [0.717, 1.165) is 12.8 Å². The molecule has 3 rings (SSSR count). The van der Waals surface area contributed by atoms with E-state index in [1.54, 1.807) is 32.0 Å². The number of carbonyl (C=O) groups excluding carboxylic acids is 2. The standard InChI is InChI=1S/C23H26N2O5/c1-15(2)30-23(27)14-20(19-9-5-6-10-21(19)25(28)29)24-22(26)13-17-12-11-16-7-3-4-8-18(16)17/h3-10,15,17,20H,11-14H2,1-2H3,(H,24,26). The number of ether oxygens (including phenoxy) is 1. The number of fused-ring (bicyclic) bond motifs is 1. The predicted molar refractivity (Wildman–Crippen MR) is 112 cm³/mol. The van der Waals surface area contributed by atoms with E-state index in [-0.39, 0.29) is 36.5 Å². The van der Waals surface area contributed by atoms with Crippen molar-refractivity contribution in [3.63, 3.8) is 0 Å². The molecule has 1 N–H and O–H groups in total. The number of benzene rings is 2. The van der Waals surface area contributed by atoms with Gasteiger partial charge in [0.15, 0.2) is 0 Å². The first-order chi connectivity index (χ1) is 14.3. The van der Waals surface area contributed by atoms with Crippen LogP contribution in [-0.2, 0) is 20.7 Å². The second-order valence-electron chi connectivity index (χ2n) is 7.82. The van der Waals surface area contributed by atoms with Gasteiger partial charge in [-0.1, -0.05) is 42.5 Å². The summed E-state index contributed by atoms with van der Waals surface area (Å²) in [5.41, 5.74) is 2.59. The summed E-state index contributed by atoms with van der Waals surface area (Å²) >= 11 is 0. The van der Waals surface area contributed by atoms with Gasteiger partial charge < -0.3 is 10.1 Å². The summed E-state index contributed by atoms with van der Waals surface area (Å²) in [7, 11) is 0. The Morgan fingerprint density at radius 2 is 1.87 bits per heavy atom. The third-order valence-corrected chi connectivity index (χ3v) is 5.27. The number of carbonyl (C=O) groups is 2. The molecule has 0 heterocycles. The molecule has 0 saturated carbocycles. The Morgan fingerprint density at radius 1 is 1.17 bits per heavy atom. The van der Waals surface area contributed by atoms with E-state index < -0.39 is 16.9 Å². The quantitative estimate of drug-likeness (QED) is 0.399. The van der Waals surface area contributed by atoms with Gasteiger partial charge in [-0.15, -0.1) is 0 Å². The number of aryl methyl sites for hydroxylation is 1. The molecule has 2 aromatic rings. The smallest absolute Gasteiger partial charge is 0.308 e. The Hall–Kier alpha value is -3.22. The zero-order chi connectivity index (χ0) is 21.7. The summed E-state index contributed by atoms with van der Waals surface area (Å²) in [5, 5.41) is 14.3. The van der Waals surface area contributed by atoms with Gasteiger partial charge in [0.2, 0.25) is 5.91 Å².